The number of halogens is 1. The maximum Gasteiger partial charge on any atom is 0.335 e. The molecule has 7 nitrogen and oxygen atoms in total. The summed E-state index contributed by atoms with van der Waals surface area (Å²) in [5.41, 5.74) is 0.524. The number of amides is 3. The lowest BCUT2D eigenvalue weighted by molar-refractivity contribution is 0.0695. The molecule has 0 bridgehead atoms. The Labute approximate surface area is 167 Å². The van der Waals surface area contributed by atoms with Gasteiger partial charge in [-0.15, -0.1) is 0 Å². The zero-order chi connectivity index (χ0) is 20.8. The molecule has 3 N–H and O–H groups in total. The maximum atomic E-state index is 14.0. The molecule has 3 rings (SSSR count). The molecule has 2 aromatic rings. The topological polar surface area (TPSA) is 98.7 Å². The molecule has 0 spiro atoms. The lowest BCUT2D eigenvalue weighted by Gasteiger charge is -2.20. The Kier molecular flexibility index (Phi) is 6.43. The number of carbonyl (C=O) groups is 3. The Balaban J connectivity index is 1.60. The summed E-state index contributed by atoms with van der Waals surface area (Å²) in [7, 11) is 0. The molecule has 152 valence electrons. The van der Waals surface area contributed by atoms with Gasteiger partial charge in [0.15, 0.2) is 0 Å². The van der Waals surface area contributed by atoms with Gasteiger partial charge in [-0.3, -0.25) is 4.79 Å². The standard InChI is InChI=1S/C21H22FN3O4/c22-18-13-14(20(27)28)5-10-17(18)19(26)23-15-6-8-16(9-7-15)24-21(29)25-11-3-1-2-4-12-25/h5-10,13H,1-4,11-12H2,(H,23,26)(H,24,29)(H,27,28). The van der Waals surface area contributed by atoms with Crippen LogP contribution in [0.25, 0.3) is 0 Å². The highest BCUT2D eigenvalue weighted by Crippen LogP contribution is 2.18. The number of nitrogens with one attached hydrogen (secondary N) is 2. The summed E-state index contributed by atoms with van der Waals surface area (Å²) < 4.78 is 14.0. The number of hydrogen-bond acceptors (Lipinski definition) is 3. The number of anilines is 2. The summed E-state index contributed by atoms with van der Waals surface area (Å²) in [6.45, 7) is 1.48. The molecule has 0 saturated carbocycles. The number of urea groups is 1. The number of aromatic carboxylic acids is 1. The van der Waals surface area contributed by atoms with Gasteiger partial charge in [-0.25, -0.2) is 14.0 Å². The van der Waals surface area contributed by atoms with E-state index in [9.17, 15) is 18.8 Å². The van der Waals surface area contributed by atoms with Crippen molar-refractivity contribution >= 4 is 29.3 Å². The normalized spacial score (nSPS) is 14.0. The minimum atomic E-state index is -1.27. The van der Waals surface area contributed by atoms with Crippen LogP contribution in [-0.4, -0.2) is 41.0 Å². The molecule has 29 heavy (non-hydrogen) atoms. The van der Waals surface area contributed by atoms with Crippen LogP contribution in [-0.2, 0) is 0 Å². The summed E-state index contributed by atoms with van der Waals surface area (Å²) >= 11 is 0. The average molecular weight is 399 g/mol. The largest absolute Gasteiger partial charge is 0.478 e. The fourth-order valence-corrected chi connectivity index (χ4v) is 3.14. The number of nitrogens with zero attached hydrogens (tertiary/aromatic N) is 1. The van der Waals surface area contributed by atoms with E-state index in [0.717, 1.165) is 50.9 Å². The molecule has 1 aliphatic rings. The molecule has 1 heterocycles. The molecule has 8 heteroatoms. The first-order chi connectivity index (χ1) is 13.9. The Morgan fingerprint density at radius 3 is 2.00 bits per heavy atom. The number of carbonyl (C=O) groups excluding carboxylic acids is 2. The van der Waals surface area contributed by atoms with Gasteiger partial charge in [0.2, 0.25) is 0 Å². The number of rotatable bonds is 4. The van der Waals surface area contributed by atoms with Gasteiger partial charge in [0, 0.05) is 24.5 Å². The first-order valence-electron chi connectivity index (χ1n) is 9.44. The third-order valence-electron chi connectivity index (χ3n) is 4.75. The van der Waals surface area contributed by atoms with Gasteiger partial charge >= 0.3 is 12.0 Å². The van der Waals surface area contributed by atoms with E-state index in [-0.39, 0.29) is 17.2 Å². The quantitative estimate of drug-likeness (QED) is 0.718. The number of benzene rings is 2. The van der Waals surface area contributed by atoms with Gasteiger partial charge in [0.25, 0.3) is 5.91 Å². The van der Waals surface area contributed by atoms with Crippen molar-refractivity contribution in [2.45, 2.75) is 25.7 Å². The van der Waals surface area contributed by atoms with Crippen LogP contribution in [0, 0.1) is 5.82 Å². The molecule has 3 amide bonds. The van der Waals surface area contributed by atoms with Crippen LogP contribution >= 0.6 is 0 Å². The van der Waals surface area contributed by atoms with Gasteiger partial charge in [-0.1, -0.05) is 12.8 Å². The summed E-state index contributed by atoms with van der Waals surface area (Å²) in [4.78, 5) is 37.2. The van der Waals surface area contributed by atoms with Crippen molar-refractivity contribution in [2.75, 3.05) is 23.7 Å². The lowest BCUT2D eigenvalue weighted by atomic mass is 10.1. The van der Waals surface area contributed by atoms with E-state index >= 15 is 0 Å². The molecule has 0 aliphatic carbocycles. The van der Waals surface area contributed by atoms with E-state index in [1.165, 1.54) is 6.07 Å². The van der Waals surface area contributed by atoms with Crippen LogP contribution in [0.1, 0.15) is 46.4 Å². The summed E-state index contributed by atoms with van der Waals surface area (Å²) in [6.07, 6.45) is 4.28. The minimum absolute atomic E-state index is 0.149. The van der Waals surface area contributed by atoms with Crippen molar-refractivity contribution in [3.63, 3.8) is 0 Å². The van der Waals surface area contributed by atoms with Crippen LogP contribution < -0.4 is 10.6 Å². The predicted octanol–water partition coefficient (Wildman–Crippen LogP) is 4.18. The molecule has 0 unspecified atom stereocenters. The summed E-state index contributed by atoms with van der Waals surface area (Å²) in [6, 6.07) is 9.44. The van der Waals surface area contributed by atoms with Crippen molar-refractivity contribution in [3.05, 3.63) is 59.4 Å². The van der Waals surface area contributed by atoms with Crippen molar-refractivity contribution < 1.29 is 23.9 Å². The smallest absolute Gasteiger partial charge is 0.335 e. The fraction of sp³-hybridized carbons (Fsp3) is 0.286. The van der Waals surface area contributed by atoms with E-state index in [2.05, 4.69) is 10.6 Å². The Bertz CT molecular complexity index is 907. The second-order valence-corrected chi connectivity index (χ2v) is 6.86. The molecular formula is C21H22FN3O4. The molecule has 0 atom stereocenters. The van der Waals surface area contributed by atoms with Gasteiger partial charge in [-0.2, -0.15) is 0 Å². The summed E-state index contributed by atoms with van der Waals surface area (Å²) in [5, 5.41) is 14.2. The maximum absolute atomic E-state index is 14.0. The lowest BCUT2D eigenvalue weighted by Crippen LogP contribution is -2.35. The van der Waals surface area contributed by atoms with Crippen LogP contribution in [0.2, 0.25) is 0 Å². The van der Waals surface area contributed by atoms with Gasteiger partial charge in [0.05, 0.1) is 11.1 Å². The second kappa shape index (κ2) is 9.18. The number of carboxylic acids is 1. The SMILES string of the molecule is O=C(O)c1ccc(C(=O)Nc2ccc(NC(=O)N3CCCCCC3)cc2)c(F)c1. The van der Waals surface area contributed by atoms with Crippen molar-refractivity contribution in [1.82, 2.24) is 4.90 Å². The molecule has 1 aliphatic heterocycles. The molecule has 1 fully saturated rings. The van der Waals surface area contributed by atoms with E-state index in [1.54, 1.807) is 29.2 Å². The molecular weight excluding hydrogens is 377 g/mol. The highest BCUT2D eigenvalue weighted by Gasteiger charge is 2.16. The van der Waals surface area contributed by atoms with Crippen LogP contribution in [0.15, 0.2) is 42.5 Å². The van der Waals surface area contributed by atoms with Crippen molar-refractivity contribution in [1.29, 1.82) is 0 Å². The number of carboxylic acid groups (broad SMARTS) is 1. The first-order valence-corrected chi connectivity index (χ1v) is 9.44. The van der Waals surface area contributed by atoms with Crippen molar-refractivity contribution in [3.8, 4) is 0 Å². The fourth-order valence-electron chi connectivity index (χ4n) is 3.14. The van der Waals surface area contributed by atoms with Crippen molar-refractivity contribution in [2.24, 2.45) is 0 Å². The van der Waals surface area contributed by atoms with Gasteiger partial charge in [-0.05, 0) is 55.3 Å². The highest BCUT2D eigenvalue weighted by atomic mass is 19.1. The monoisotopic (exact) mass is 399 g/mol. The van der Waals surface area contributed by atoms with E-state index in [1.807, 2.05) is 0 Å². The first kappa shape index (κ1) is 20.3. The van der Waals surface area contributed by atoms with Crippen LogP contribution in [0.5, 0.6) is 0 Å². The zero-order valence-electron chi connectivity index (χ0n) is 15.8. The van der Waals surface area contributed by atoms with E-state index in [4.69, 9.17) is 5.11 Å². The van der Waals surface area contributed by atoms with Gasteiger partial charge < -0.3 is 20.6 Å². The van der Waals surface area contributed by atoms with E-state index < -0.39 is 17.7 Å². The third kappa shape index (κ3) is 5.31. The third-order valence-corrected chi connectivity index (χ3v) is 4.75. The Hall–Kier alpha value is -3.42. The zero-order valence-corrected chi connectivity index (χ0v) is 15.8. The van der Waals surface area contributed by atoms with E-state index in [0.29, 0.717) is 11.4 Å². The molecule has 0 aromatic heterocycles. The highest BCUT2D eigenvalue weighted by molar-refractivity contribution is 6.05. The minimum Gasteiger partial charge on any atom is -0.478 e. The Morgan fingerprint density at radius 1 is 0.862 bits per heavy atom. The number of hydrogen-bond donors (Lipinski definition) is 3. The second-order valence-electron chi connectivity index (χ2n) is 6.86. The van der Waals surface area contributed by atoms with Gasteiger partial charge in [0.1, 0.15) is 5.82 Å². The number of likely N-dealkylation sites (tertiary alicyclic amines) is 1. The molecule has 1 saturated heterocycles. The summed E-state index contributed by atoms with van der Waals surface area (Å²) in [5.74, 6) is -2.88. The molecule has 2 aromatic carbocycles. The van der Waals surface area contributed by atoms with Crippen LogP contribution in [0.4, 0.5) is 20.6 Å². The molecule has 0 radical (unpaired) electrons. The average Bonchev–Trinajstić information content (AvgIpc) is 2.99. The Morgan fingerprint density at radius 2 is 1.45 bits per heavy atom. The predicted molar refractivity (Wildman–Crippen MR) is 107 cm³/mol. The van der Waals surface area contributed by atoms with Crippen LogP contribution in [0.3, 0.4) is 0 Å².